The summed E-state index contributed by atoms with van der Waals surface area (Å²) in [4.78, 5) is 23.3. The molecule has 3 rings (SSSR count). The van der Waals surface area contributed by atoms with Crippen LogP contribution in [0, 0.1) is 0 Å². The third kappa shape index (κ3) is 5.68. The molecule has 0 saturated carbocycles. The van der Waals surface area contributed by atoms with Crippen molar-refractivity contribution in [2.75, 3.05) is 11.1 Å². The predicted octanol–water partition coefficient (Wildman–Crippen LogP) is 3.58. The lowest BCUT2D eigenvalue weighted by molar-refractivity contribution is -0.114. The highest BCUT2D eigenvalue weighted by Crippen LogP contribution is 2.19. The molecule has 2 aromatic carbocycles. The first-order chi connectivity index (χ1) is 13.1. The molecule has 1 N–H and O–H groups in total. The summed E-state index contributed by atoms with van der Waals surface area (Å²) < 4.78 is 11.0. The minimum absolute atomic E-state index is 0.0744. The quantitative estimate of drug-likeness (QED) is 0.469. The van der Waals surface area contributed by atoms with Crippen molar-refractivity contribution >= 4 is 29.1 Å². The van der Waals surface area contributed by atoms with Crippen molar-refractivity contribution in [3.63, 3.8) is 0 Å². The number of carbonyl (C=O) groups excluding carboxylic acids is 2. The molecular formula is C19H17N3O4S. The minimum Gasteiger partial charge on any atom is -0.484 e. The van der Waals surface area contributed by atoms with E-state index in [2.05, 4.69) is 15.5 Å². The molecule has 0 bridgehead atoms. The standard InChI is InChI=1S/C19H17N3O4S/c1-13(23)20-15-9-7-14(8-10-15)17(24)12-27-19-22-21-18(26-19)11-25-16-5-3-2-4-6-16/h2-10H,11-12H2,1H3,(H,20,23). The summed E-state index contributed by atoms with van der Waals surface area (Å²) in [5, 5.41) is 10.8. The van der Waals surface area contributed by atoms with E-state index in [-0.39, 0.29) is 24.1 Å². The summed E-state index contributed by atoms with van der Waals surface area (Å²) >= 11 is 1.17. The van der Waals surface area contributed by atoms with Crippen LogP contribution >= 0.6 is 11.8 Å². The average molecular weight is 383 g/mol. The number of ketones is 1. The highest BCUT2D eigenvalue weighted by molar-refractivity contribution is 7.99. The first-order valence-electron chi connectivity index (χ1n) is 8.14. The summed E-state index contributed by atoms with van der Waals surface area (Å²) in [6.07, 6.45) is 0. The molecule has 0 spiro atoms. The van der Waals surface area contributed by atoms with Gasteiger partial charge in [0.2, 0.25) is 5.91 Å². The van der Waals surface area contributed by atoms with Crippen LogP contribution in [0.25, 0.3) is 0 Å². The Morgan fingerprint density at radius 3 is 2.52 bits per heavy atom. The molecule has 8 heteroatoms. The first-order valence-corrected chi connectivity index (χ1v) is 9.12. The van der Waals surface area contributed by atoms with Gasteiger partial charge in [0.05, 0.1) is 5.75 Å². The van der Waals surface area contributed by atoms with Crippen LogP contribution in [0.2, 0.25) is 0 Å². The van der Waals surface area contributed by atoms with E-state index in [0.717, 1.165) is 0 Å². The molecule has 3 aromatic rings. The Hall–Kier alpha value is -3.13. The SMILES string of the molecule is CC(=O)Nc1ccc(C(=O)CSc2nnc(COc3ccccc3)o2)cc1. The van der Waals surface area contributed by atoms with E-state index < -0.39 is 0 Å². The second-order valence-corrected chi connectivity index (χ2v) is 6.46. The second-order valence-electron chi connectivity index (χ2n) is 5.53. The number of carbonyl (C=O) groups is 2. The molecule has 0 atom stereocenters. The monoisotopic (exact) mass is 383 g/mol. The number of nitrogens with one attached hydrogen (secondary N) is 1. The van der Waals surface area contributed by atoms with Crippen molar-refractivity contribution in [3.05, 3.63) is 66.1 Å². The fraction of sp³-hybridized carbons (Fsp3) is 0.158. The molecule has 27 heavy (non-hydrogen) atoms. The second kappa shape index (κ2) is 9.00. The Morgan fingerprint density at radius 2 is 1.81 bits per heavy atom. The van der Waals surface area contributed by atoms with Gasteiger partial charge in [0.15, 0.2) is 12.4 Å². The Labute approximate surface area is 160 Å². The van der Waals surface area contributed by atoms with E-state index in [1.165, 1.54) is 18.7 Å². The van der Waals surface area contributed by atoms with E-state index >= 15 is 0 Å². The molecular weight excluding hydrogens is 366 g/mol. The molecule has 0 unspecified atom stereocenters. The first kappa shape index (κ1) is 18.7. The van der Waals surface area contributed by atoms with Gasteiger partial charge in [0.25, 0.3) is 11.1 Å². The normalized spacial score (nSPS) is 10.4. The molecule has 0 radical (unpaired) electrons. The number of thioether (sulfide) groups is 1. The van der Waals surface area contributed by atoms with Gasteiger partial charge in [-0.05, 0) is 36.4 Å². The topological polar surface area (TPSA) is 94.3 Å². The Morgan fingerprint density at radius 1 is 1.07 bits per heavy atom. The lowest BCUT2D eigenvalue weighted by atomic mass is 10.1. The summed E-state index contributed by atoms with van der Waals surface area (Å²) in [6, 6.07) is 16.0. The number of amides is 1. The van der Waals surface area contributed by atoms with Crippen molar-refractivity contribution in [3.8, 4) is 5.75 Å². The van der Waals surface area contributed by atoms with E-state index in [4.69, 9.17) is 9.15 Å². The van der Waals surface area contributed by atoms with E-state index in [9.17, 15) is 9.59 Å². The molecule has 138 valence electrons. The van der Waals surface area contributed by atoms with Gasteiger partial charge < -0.3 is 14.5 Å². The maximum absolute atomic E-state index is 12.2. The van der Waals surface area contributed by atoms with Crippen molar-refractivity contribution < 1.29 is 18.7 Å². The van der Waals surface area contributed by atoms with Crippen molar-refractivity contribution in [2.24, 2.45) is 0 Å². The number of ether oxygens (including phenoxy) is 1. The van der Waals surface area contributed by atoms with Crippen molar-refractivity contribution in [2.45, 2.75) is 18.8 Å². The maximum atomic E-state index is 12.2. The molecule has 7 nitrogen and oxygen atoms in total. The number of hydrogen-bond acceptors (Lipinski definition) is 7. The smallest absolute Gasteiger partial charge is 0.277 e. The molecule has 1 aromatic heterocycles. The number of Topliss-reactive ketones (excluding diaryl/α,β-unsaturated/α-hetero) is 1. The number of hydrogen-bond donors (Lipinski definition) is 1. The van der Waals surface area contributed by atoms with Gasteiger partial charge in [-0.1, -0.05) is 30.0 Å². The number of nitrogens with zero attached hydrogens (tertiary/aromatic N) is 2. The number of aromatic nitrogens is 2. The van der Waals surface area contributed by atoms with Crippen molar-refractivity contribution in [1.82, 2.24) is 10.2 Å². The Balaban J connectivity index is 1.49. The van der Waals surface area contributed by atoms with Crippen LogP contribution in [-0.2, 0) is 11.4 Å². The summed E-state index contributed by atoms with van der Waals surface area (Å²) in [7, 11) is 0. The highest BCUT2D eigenvalue weighted by Gasteiger charge is 2.12. The van der Waals surface area contributed by atoms with Crippen molar-refractivity contribution in [1.29, 1.82) is 0 Å². The van der Waals surface area contributed by atoms with Crippen LogP contribution in [0.15, 0.2) is 64.2 Å². The molecule has 1 heterocycles. The van der Waals surface area contributed by atoms with Crippen LogP contribution in [0.3, 0.4) is 0 Å². The third-order valence-electron chi connectivity index (χ3n) is 3.41. The zero-order chi connectivity index (χ0) is 19.1. The fourth-order valence-corrected chi connectivity index (χ4v) is 2.84. The zero-order valence-electron chi connectivity index (χ0n) is 14.5. The van der Waals surface area contributed by atoms with Crippen LogP contribution in [0.4, 0.5) is 5.69 Å². The Kier molecular flexibility index (Phi) is 6.22. The van der Waals surface area contributed by atoms with Gasteiger partial charge in [-0.15, -0.1) is 10.2 Å². The summed E-state index contributed by atoms with van der Waals surface area (Å²) in [6.45, 7) is 1.59. The van der Waals surface area contributed by atoms with Gasteiger partial charge in [0, 0.05) is 18.2 Å². The van der Waals surface area contributed by atoms with E-state index in [1.54, 1.807) is 24.3 Å². The van der Waals surface area contributed by atoms with Crippen LogP contribution in [-0.4, -0.2) is 27.6 Å². The lowest BCUT2D eigenvalue weighted by Crippen LogP contribution is -2.07. The molecule has 0 aliphatic heterocycles. The van der Waals surface area contributed by atoms with Gasteiger partial charge in [-0.3, -0.25) is 9.59 Å². The molecule has 0 saturated heterocycles. The number of anilines is 1. The fourth-order valence-electron chi connectivity index (χ4n) is 2.17. The maximum Gasteiger partial charge on any atom is 0.277 e. The number of rotatable bonds is 8. The molecule has 1 amide bonds. The molecule has 0 aliphatic rings. The van der Waals surface area contributed by atoms with E-state index in [0.29, 0.717) is 28.1 Å². The van der Waals surface area contributed by atoms with Crippen LogP contribution < -0.4 is 10.1 Å². The summed E-state index contributed by atoms with van der Waals surface area (Å²) in [5.41, 5.74) is 1.19. The molecule has 0 aliphatic carbocycles. The third-order valence-corrected chi connectivity index (χ3v) is 4.23. The number of para-hydroxylation sites is 1. The average Bonchev–Trinajstić information content (AvgIpc) is 3.13. The minimum atomic E-state index is -0.159. The van der Waals surface area contributed by atoms with E-state index in [1.807, 2.05) is 30.3 Å². The van der Waals surface area contributed by atoms with Gasteiger partial charge in [0.1, 0.15) is 5.75 Å². The largest absolute Gasteiger partial charge is 0.484 e. The number of benzene rings is 2. The Bertz CT molecular complexity index is 910. The van der Waals surface area contributed by atoms with Gasteiger partial charge >= 0.3 is 0 Å². The summed E-state index contributed by atoms with van der Waals surface area (Å²) in [5.74, 6) is 0.986. The molecule has 0 fully saturated rings. The zero-order valence-corrected chi connectivity index (χ0v) is 15.4. The highest BCUT2D eigenvalue weighted by atomic mass is 32.2. The lowest BCUT2D eigenvalue weighted by Gasteiger charge is -2.03. The van der Waals surface area contributed by atoms with Crippen LogP contribution in [0.5, 0.6) is 5.75 Å². The van der Waals surface area contributed by atoms with Crippen LogP contribution in [0.1, 0.15) is 23.2 Å². The van der Waals surface area contributed by atoms with Gasteiger partial charge in [-0.2, -0.15) is 0 Å². The van der Waals surface area contributed by atoms with Gasteiger partial charge in [-0.25, -0.2) is 0 Å². The predicted molar refractivity (Wildman–Crippen MR) is 101 cm³/mol.